The fourth-order valence-electron chi connectivity index (χ4n) is 1.43. The summed E-state index contributed by atoms with van der Waals surface area (Å²) in [6.07, 6.45) is 3.15. The summed E-state index contributed by atoms with van der Waals surface area (Å²) in [6, 6.07) is 6.04. The minimum absolute atomic E-state index is 0.884. The molecule has 0 saturated carbocycles. The molecule has 96 valence electrons. The molecular formula is C14H25N3. The topological polar surface area (TPSA) is 28.2 Å². The Kier molecular flexibility index (Phi) is 6.63. The van der Waals surface area contributed by atoms with Gasteiger partial charge in [0, 0.05) is 32.4 Å². The predicted octanol–water partition coefficient (Wildman–Crippen LogP) is 2.54. The lowest BCUT2D eigenvalue weighted by Gasteiger charge is -2.28. The lowest BCUT2D eigenvalue weighted by atomic mass is 10.2. The normalized spacial score (nSPS) is 15.4. The van der Waals surface area contributed by atoms with Crippen LogP contribution in [0.1, 0.15) is 27.2 Å². The van der Waals surface area contributed by atoms with Crippen molar-refractivity contribution in [3.05, 3.63) is 24.4 Å². The van der Waals surface area contributed by atoms with Crippen LogP contribution >= 0.6 is 0 Å². The summed E-state index contributed by atoms with van der Waals surface area (Å²) < 4.78 is 0. The van der Waals surface area contributed by atoms with Gasteiger partial charge >= 0.3 is 0 Å². The average molecular weight is 235 g/mol. The molecule has 0 atom stereocenters. The van der Waals surface area contributed by atoms with Crippen molar-refractivity contribution < 1.29 is 0 Å². The minimum Gasteiger partial charge on any atom is -0.354 e. The van der Waals surface area contributed by atoms with E-state index in [1.807, 2.05) is 18.3 Å². The Morgan fingerprint density at radius 1 is 1.29 bits per heavy atom. The molecule has 2 heterocycles. The third-order valence-corrected chi connectivity index (χ3v) is 2.91. The van der Waals surface area contributed by atoms with Crippen LogP contribution in [0.5, 0.6) is 0 Å². The molecule has 2 rings (SSSR count). The number of hydrogen-bond donors (Lipinski definition) is 1. The van der Waals surface area contributed by atoms with Gasteiger partial charge in [0.05, 0.1) is 0 Å². The summed E-state index contributed by atoms with van der Waals surface area (Å²) in [5.74, 6) is 1.98. The Labute approximate surface area is 105 Å². The van der Waals surface area contributed by atoms with Crippen LogP contribution in [-0.2, 0) is 0 Å². The Hall–Kier alpha value is -1.09. The lowest BCUT2D eigenvalue weighted by molar-refractivity contribution is 0.585. The number of pyridine rings is 1. The second kappa shape index (κ2) is 8.07. The first-order valence-electron chi connectivity index (χ1n) is 6.60. The van der Waals surface area contributed by atoms with E-state index in [0.717, 1.165) is 37.9 Å². The maximum absolute atomic E-state index is 4.30. The van der Waals surface area contributed by atoms with Gasteiger partial charge in [-0.15, -0.1) is 0 Å². The smallest absolute Gasteiger partial charge is 0.128 e. The van der Waals surface area contributed by atoms with E-state index >= 15 is 0 Å². The number of anilines is 1. The van der Waals surface area contributed by atoms with Crippen molar-refractivity contribution in [2.75, 3.05) is 31.1 Å². The molecule has 1 aliphatic rings. The number of rotatable bonds is 2. The highest BCUT2D eigenvalue weighted by Crippen LogP contribution is 2.08. The SMILES string of the molecule is CCC(C)C.c1ccc(N2CCNCC2)nc1. The van der Waals surface area contributed by atoms with Crippen LogP contribution in [0.2, 0.25) is 0 Å². The Morgan fingerprint density at radius 3 is 2.41 bits per heavy atom. The molecule has 0 aliphatic carbocycles. The van der Waals surface area contributed by atoms with E-state index in [1.54, 1.807) is 0 Å². The van der Waals surface area contributed by atoms with Gasteiger partial charge in [0.1, 0.15) is 5.82 Å². The van der Waals surface area contributed by atoms with Crippen molar-refractivity contribution in [3.8, 4) is 0 Å². The average Bonchev–Trinajstić information content (AvgIpc) is 2.41. The molecule has 0 radical (unpaired) electrons. The van der Waals surface area contributed by atoms with Gasteiger partial charge in [-0.25, -0.2) is 4.98 Å². The Bertz CT molecular complexity index is 279. The molecule has 1 aromatic heterocycles. The number of nitrogens with zero attached hydrogens (tertiary/aromatic N) is 2. The number of piperazine rings is 1. The molecule has 3 heteroatoms. The zero-order valence-corrected chi connectivity index (χ0v) is 11.3. The maximum Gasteiger partial charge on any atom is 0.128 e. The van der Waals surface area contributed by atoms with Crippen LogP contribution in [-0.4, -0.2) is 31.2 Å². The molecule has 1 N–H and O–H groups in total. The Balaban J connectivity index is 0.000000249. The first-order valence-corrected chi connectivity index (χ1v) is 6.60. The monoisotopic (exact) mass is 235 g/mol. The van der Waals surface area contributed by atoms with Crippen molar-refractivity contribution in [2.24, 2.45) is 5.92 Å². The standard InChI is InChI=1S/C9H13N3.C5H12/c1-2-4-11-9(3-1)12-7-5-10-6-8-12;1-4-5(2)3/h1-4,10H,5-8H2;5H,4H2,1-3H3. The molecule has 0 amide bonds. The van der Waals surface area contributed by atoms with Crippen molar-refractivity contribution in [2.45, 2.75) is 27.2 Å². The number of nitrogens with one attached hydrogen (secondary N) is 1. The van der Waals surface area contributed by atoms with E-state index in [4.69, 9.17) is 0 Å². The van der Waals surface area contributed by atoms with Crippen LogP contribution in [0.15, 0.2) is 24.4 Å². The lowest BCUT2D eigenvalue weighted by Crippen LogP contribution is -2.43. The molecule has 0 aromatic carbocycles. The Morgan fingerprint density at radius 2 is 1.94 bits per heavy atom. The van der Waals surface area contributed by atoms with Crippen molar-refractivity contribution in [1.29, 1.82) is 0 Å². The fourth-order valence-corrected chi connectivity index (χ4v) is 1.43. The van der Waals surface area contributed by atoms with Gasteiger partial charge in [0.25, 0.3) is 0 Å². The van der Waals surface area contributed by atoms with Gasteiger partial charge in [0.2, 0.25) is 0 Å². The molecule has 3 nitrogen and oxygen atoms in total. The van der Waals surface area contributed by atoms with Gasteiger partial charge in [-0.3, -0.25) is 0 Å². The van der Waals surface area contributed by atoms with Crippen LogP contribution in [0.25, 0.3) is 0 Å². The summed E-state index contributed by atoms with van der Waals surface area (Å²) in [6.45, 7) is 10.9. The quantitative estimate of drug-likeness (QED) is 0.854. The molecule has 1 aliphatic heterocycles. The summed E-state index contributed by atoms with van der Waals surface area (Å²) >= 11 is 0. The van der Waals surface area contributed by atoms with E-state index in [2.05, 4.69) is 42.0 Å². The molecule has 1 saturated heterocycles. The number of hydrogen-bond acceptors (Lipinski definition) is 3. The highest BCUT2D eigenvalue weighted by Gasteiger charge is 2.09. The molecule has 0 bridgehead atoms. The van der Waals surface area contributed by atoms with Gasteiger partial charge in [0.15, 0.2) is 0 Å². The van der Waals surface area contributed by atoms with Crippen LogP contribution < -0.4 is 10.2 Å². The van der Waals surface area contributed by atoms with Gasteiger partial charge in [-0.2, -0.15) is 0 Å². The molecule has 0 unspecified atom stereocenters. The van der Waals surface area contributed by atoms with Gasteiger partial charge < -0.3 is 10.2 Å². The summed E-state index contributed by atoms with van der Waals surface area (Å²) in [5.41, 5.74) is 0. The molecule has 0 spiro atoms. The van der Waals surface area contributed by atoms with E-state index in [9.17, 15) is 0 Å². The van der Waals surface area contributed by atoms with Crippen LogP contribution in [0.4, 0.5) is 5.82 Å². The highest BCUT2D eigenvalue weighted by molar-refractivity contribution is 5.38. The summed E-state index contributed by atoms with van der Waals surface area (Å²) in [4.78, 5) is 6.60. The highest BCUT2D eigenvalue weighted by atomic mass is 15.2. The predicted molar refractivity (Wildman–Crippen MR) is 74.4 cm³/mol. The first kappa shape index (κ1) is 14.0. The largest absolute Gasteiger partial charge is 0.354 e. The van der Waals surface area contributed by atoms with Crippen molar-refractivity contribution >= 4 is 5.82 Å². The van der Waals surface area contributed by atoms with Crippen molar-refractivity contribution in [1.82, 2.24) is 10.3 Å². The molecule has 17 heavy (non-hydrogen) atoms. The van der Waals surface area contributed by atoms with Crippen molar-refractivity contribution in [3.63, 3.8) is 0 Å². The van der Waals surface area contributed by atoms with E-state index in [-0.39, 0.29) is 0 Å². The van der Waals surface area contributed by atoms with Crippen LogP contribution in [0.3, 0.4) is 0 Å². The zero-order valence-electron chi connectivity index (χ0n) is 11.3. The van der Waals surface area contributed by atoms with E-state index in [1.165, 1.54) is 6.42 Å². The molecular weight excluding hydrogens is 210 g/mol. The molecule has 1 fully saturated rings. The zero-order chi connectivity index (χ0) is 12.5. The number of aromatic nitrogens is 1. The third kappa shape index (κ3) is 5.68. The van der Waals surface area contributed by atoms with Crippen LogP contribution in [0, 0.1) is 5.92 Å². The minimum atomic E-state index is 0.884. The first-order chi connectivity index (χ1) is 8.24. The summed E-state index contributed by atoms with van der Waals surface area (Å²) in [7, 11) is 0. The third-order valence-electron chi connectivity index (χ3n) is 2.91. The summed E-state index contributed by atoms with van der Waals surface area (Å²) in [5, 5.41) is 3.32. The fraction of sp³-hybridized carbons (Fsp3) is 0.643. The van der Waals surface area contributed by atoms with Gasteiger partial charge in [-0.1, -0.05) is 33.3 Å². The maximum atomic E-state index is 4.30. The van der Waals surface area contributed by atoms with E-state index < -0.39 is 0 Å². The second-order valence-corrected chi connectivity index (χ2v) is 4.73. The van der Waals surface area contributed by atoms with E-state index in [0.29, 0.717) is 0 Å². The van der Waals surface area contributed by atoms with Gasteiger partial charge in [-0.05, 0) is 18.1 Å². The second-order valence-electron chi connectivity index (χ2n) is 4.73. The molecule has 1 aromatic rings.